The maximum atomic E-state index is 11.3. The van der Waals surface area contributed by atoms with Crippen LogP contribution in [0.5, 0.6) is 0 Å². The van der Waals surface area contributed by atoms with Gasteiger partial charge in [-0.2, -0.15) is 0 Å². The van der Waals surface area contributed by atoms with Crippen molar-refractivity contribution in [3.8, 4) is 0 Å². The highest BCUT2D eigenvalue weighted by molar-refractivity contribution is 5.78. The molecule has 0 saturated heterocycles. The zero-order valence-corrected chi connectivity index (χ0v) is 9.38. The Morgan fingerprint density at radius 1 is 1.27 bits per heavy atom. The fourth-order valence-corrected chi connectivity index (χ4v) is 1.04. The second-order valence-electron chi connectivity index (χ2n) is 3.41. The number of amides is 2. The number of hydrogen-bond acceptors (Lipinski definition) is 3. The van der Waals surface area contributed by atoms with Gasteiger partial charge in [-0.3, -0.25) is 9.59 Å². The molecule has 0 aliphatic rings. The molecule has 0 aromatic carbocycles. The Bertz CT molecular complexity index is 207. The molecule has 0 saturated carbocycles. The first-order valence-electron chi connectivity index (χ1n) is 5.27. The smallest absolute Gasteiger partial charge is 0.222 e. The van der Waals surface area contributed by atoms with Crippen molar-refractivity contribution in [1.82, 2.24) is 10.6 Å². The molecule has 0 radical (unpaired) electrons. The van der Waals surface area contributed by atoms with Crippen LogP contribution in [0.1, 0.15) is 26.7 Å². The van der Waals surface area contributed by atoms with Gasteiger partial charge in [0.15, 0.2) is 0 Å². The molecule has 88 valence electrons. The summed E-state index contributed by atoms with van der Waals surface area (Å²) in [7, 11) is 0. The second kappa shape index (κ2) is 8.23. The molecular formula is C10H20N2O3. The molecule has 15 heavy (non-hydrogen) atoms. The molecule has 0 aromatic rings. The van der Waals surface area contributed by atoms with Gasteiger partial charge in [-0.15, -0.1) is 0 Å². The molecule has 0 spiro atoms. The fraction of sp³-hybridized carbons (Fsp3) is 0.800. The Balaban J connectivity index is 3.59. The van der Waals surface area contributed by atoms with Crippen LogP contribution in [0, 0.1) is 5.92 Å². The summed E-state index contributed by atoms with van der Waals surface area (Å²) in [6, 6.07) is 0. The molecule has 3 N–H and O–H groups in total. The summed E-state index contributed by atoms with van der Waals surface area (Å²) in [5.74, 6) is -0.235. The zero-order valence-electron chi connectivity index (χ0n) is 9.38. The molecule has 0 fully saturated rings. The van der Waals surface area contributed by atoms with E-state index < -0.39 is 0 Å². The van der Waals surface area contributed by atoms with E-state index in [1.165, 1.54) is 0 Å². The lowest BCUT2D eigenvalue weighted by Crippen LogP contribution is -2.33. The second-order valence-corrected chi connectivity index (χ2v) is 3.41. The van der Waals surface area contributed by atoms with Crippen molar-refractivity contribution in [1.29, 1.82) is 0 Å². The third-order valence-electron chi connectivity index (χ3n) is 2.08. The fourth-order valence-electron chi connectivity index (χ4n) is 1.04. The third-order valence-corrected chi connectivity index (χ3v) is 2.08. The van der Waals surface area contributed by atoms with Gasteiger partial charge in [0.05, 0.1) is 6.61 Å². The van der Waals surface area contributed by atoms with Gasteiger partial charge < -0.3 is 15.7 Å². The SMILES string of the molecule is CCC(=O)NCCC(C)C(=O)NCCO. The quantitative estimate of drug-likeness (QED) is 0.544. The molecule has 1 atom stereocenters. The van der Waals surface area contributed by atoms with Crippen LogP contribution in [0.15, 0.2) is 0 Å². The normalized spacial score (nSPS) is 11.9. The van der Waals surface area contributed by atoms with E-state index in [9.17, 15) is 9.59 Å². The molecule has 1 unspecified atom stereocenters. The predicted octanol–water partition coefficient (Wildman–Crippen LogP) is -0.353. The van der Waals surface area contributed by atoms with E-state index in [4.69, 9.17) is 5.11 Å². The molecule has 0 rings (SSSR count). The topological polar surface area (TPSA) is 78.4 Å². The highest BCUT2D eigenvalue weighted by Gasteiger charge is 2.11. The van der Waals surface area contributed by atoms with Crippen molar-refractivity contribution in [2.24, 2.45) is 5.92 Å². The van der Waals surface area contributed by atoms with E-state index in [1.54, 1.807) is 13.8 Å². The van der Waals surface area contributed by atoms with Crippen molar-refractivity contribution in [2.45, 2.75) is 26.7 Å². The van der Waals surface area contributed by atoms with E-state index in [0.29, 0.717) is 19.4 Å². The molecule has 0 aliphatic carbocycles. The van der Waals surface area contributed by atoms with Crippen LogP contribution in [0.2, 0.25) is 0 Å². The zero-order chi connectivity index (χ0) is 11.7. The lowest BCUT2D eigenvalue weighted by molar-refractivity contribution is -0.125. The lowest BCUT2D eigenvalue weighted by Gasteiger charge is -2.11. The summed E-state index contributed by atoms with van der Waals surface area (Å²) in [6.45, 7) is 4.33. The van der Waals surface area contributed by atoms with Crippen LogP contribution in [0.3, 0.4) is 0 Å². The molecular weight excluding hydrogens is 196 g/mol. The van der Waals surface area contributed by atoms with Crippen LogP contribution in [-0.4, -0.2) is 36.6 Å². The first-order valence-corrected chi connectivity index (χ1v) is 5.27. The number of aliphatic hydroxyl groups excluding tert-OH is 1. The van der Waals surface area contributed by atoms with E-state index in [2.05, 4.69) is 10.6 Å². The largest absolute Gasteiger partial charge is 0.395 e. The molecule has 5 heteroatoms. The Hall–Kier alpha value is -1.10. The van der Waals surface area contributed by atoms with Crippen LogP contribution in [0.25, 0.3) is 0 Å². The van der Waals surface area contributed by atoms with Crippen LogP contribution in [-0.2, 0) is 9.59 Å². The Labute approximate surface area is 90.2 Å². The highest BCUT2D eigenvalue weighted by Crippen LogP contribution is 1.99. The minimum Gasteiger partial charge on any atom is -0.395 e. The maximum absolute atomic E-state index is 11.3. The van der Waals surface area contributed by atoms with Crippen LogP contribution < -0.4 is 10.6 Å². The van der Waals surface area contributed by atoms with E-state index >= 15 is 0 Å². The molecule has 0 aromatic heterocycles. The minimum absolute atomic E-state index is 0.00188. The summed E-state index contributed by atoms with van der Waals surface area (Å²) in [5.41, 5.74) is 0. The van der Waals surface area contributed by atoms with Crippen molar-refractivity contribution >= 4 is 11.8 Å². The van der Waals surface area contributed by atoms with Gasteiger partial charge in [0.1, 0.15) is 0 Å². The Morgan fingerprint density at radius 2 is 1.93 bits per heavy atom. The first-order chi connectivity index (χ1) is 7.11. The van der Waals surface area contributed by atoms with Gasteiger partial charge in [-0.05, 0) is 6.42 Å². The molecule has 5 nitrogen and oxygen atoms in total. The van der Waals surface area contributed by atoms with Gasteiger partial charge in [0.25, 0.3) is 0 Å². The maximum Gasteiger partial charge on any atom is 0.222 e. The van der Waals surface area contributed by atoms with E-state index in [1.807, 2.05) is 0 Å². The van der Waals surface area contributed by atoms with Crippen LogP contribution in [0.4, 0.5) is 0 Å². The average molecular weight is 216 g/mol. The minimum atomic E-state index is -0.145. The van der Waals surface area contributed by atoms with Gasteiger partial charge in [0.2, 0.25) is 11.8 Å². The van der Waals surface area contributed by atoms with E-state index in [0.717, 1.165) is 0 Å². The number of carbonyl (C=O) groups is 2. The highest BCUT2D eigenvalue weighted by atomic mass is 16.3. The number of aliphatic hydroxyl groups is 1. The summed E-state index contributed by atoms with van der Waals surface area (Å²) in [5, 5.41) is 13.8. The summed E-state index contributed by atoms with van der Waals surface area (Å²) in [6.07, 6.45) is 1.08. The van der Waals surface area contributed by atoms with Gasteiger partial charge >= 0.3 is 0 Å². The van der Waals surface area contributed by atoms with Crippen molar-refractivity contribution in [3.63, 3.8) is 0 Å². The molecule has 2 amide bonds. The predicted molar refractivity (Wildman–Crippen MR) is 57.2 cm³/mol. The first kappa shape index (κ1) is 13.9. The Morgan fingerprint density at radius 3 is 2.47 bits per heavy atom. The van der Waals surface area contributed by atoms with Crippen molar-refractivity contribution in [2.75, 3.05) is 19.7 Å². The number of hydrogen-bond donors (Lipinski definition) is 3. The van der Waals surface area contributed by atoms with Crippen molar-refractivity contribution in [3.05, 3.63) is 0 Å². The third kappa shape index (κ3) is 6.90. The number of carbonyl (C=O) groups excluding carboxylic acids is 2. The molecule has 0 bridgehead atoms. The van der Waals surface area contributed by atoms with Crippen molar-refractivity contribution < 1.29 is 14.7 Å². The van der Waals surface area contributed by atoms with Crippen LogP contribution >= 0.6 is 0 Å². The van der Waals surface area contributed by atoms with E-state index in [-0.39, 0.29) is 30.9 Å². The number of rotatable bonds is 7. The Kier molecular flexibility index (Phi) is 7.62. The monoisotopic (exact) mass is 216 g/mol. The molecule has 0 aliphatic heterocycles. The summed E-state index contributed by atoms with van der Waals surface area (Å²) >= 11 is 0. The van der Waals surface area contributed by atoms with Gasteiger partial charge in [0, 0.05) is 25.4 Å². The van der Waals surface area contributed by atoms with Gasteiger partial charge in [-0.25, -0.2) is 0 Å². The lowest BCUT2D eigenvalue weighted by atomic mass is 10.1. The summed E-state index contributed by atoms with van der Waals surface area (Å²) in [4.78, 5) is 22.2. The molecule has 0 heterocycles. The summed E-state index contributed by atoms with van der Waals surface area (Å²) < 4.78 is 0. The standard InChI is InChI=1S/C10H20N2O3/c1-3-9(14)11-5-4-8(2)10(15)12-6-7-13/h8,13H,3-7H2,1-2H3,(H,11,14)(H,12,15). The average Bonchev–Trinajstić information content (AvgIpc) is 2.25. The number of nitrogens with one attached hydrogen (secondary N) is 2. The van der Waals surface area contributed by atoms with Gasteiger partial charge in [-0.1, -0.05) is 13.8 Å².